The largest absolute Gasteiger partial charge is 0.483 e. The summed E-state index contributed by atoms with van der Waals surface area (Å²) in [6, 6.07) is 13.0. The van der Waals surface area contributed by atoms with Crippen molar-refractivity contribution in [2.75, 3.05) is 17.2 Å². The molecular weight excluding hydrogens is 352 g/mol. The number of ether oxygens (including phenoxy) is 1. The minimum absolute atomic E-state index is 0.0665. The summed E-state index contributed by atoms with van der Waals surface area (Å²) in [6.45, 7) is 3.92. The highest BCUT2D eigenvalue weighted by atomic mass is 16.5. The van der Waals surface area contributed by atoms with Crippen molar-refractivity contribution >= 4 is 23.2 Å². The molecule has 5 nitrogen and oxygen atoms in total. The summed E-state index contributed by atoms with van der Waals surface area (Å²) in [7, 11) is 0. The number of amides is 2. The predicted octanol–water partition coefficient (Wildman–Crippen LogP) is 4.84. The molecule has 0 spiro atoms. The second-order valence-electron chi connectivity index (χ2n) is 7.44. The zero-order chi connectivity index (χ0) is 19.9. The van der Waals surface area contributed by atoms with Crippen molar-refractivity contribution in [3.05, 3.63) is 53.6 Å². The zero-order valence-electron chi connectivity index (χ0n) is 16.6. The first-order valence-electron chi connectivity index (χ1n) is 9.93. The number of benzene rings is 2. The number of hydrogen-bond acceptors (Lipinski definition) is 3. The summed E-state index contributed by atoms with van der Waals surface area (Å²) >= 11 is 0. The molecule has 1 aliphatic rings. The lowest BCUT2D eigenvalue weighted by molar-refractivity contribution is -0.120. The van der Waals surface area contributed by atoms with Gasteiger partial charge in [-0.25, -0.2) is 0 Å². The lowest BCUT2D eigenvalue weighted by Crippen LogP contribution is -2.25. The average molecular weight is 380 g/mol. The maximum absolute atomic E-state index is 12.4. The molecule has 5 heteroatoms. The van der Waals surface area contributed by atoms with Crippen molar-refractivity contribution in [1.82, 2.24) is 0 Å². The minimum atomic E-state index is -0.239. The van der Waals surface area contributed by atoms with Crippen molar-refractivity contribution in [1.29, 1.82) is 0 Å². The van der Waals surface area contributed by atoms with Crippen LogP contribution in [0, 0.1) is 19.8 Å². The molecule has 2 aromatic carbocycles. The van der Waals surface area contributed by atoms with Crippen LogP contribution in [-0.4, -0.2) is 18.4 Å². The van der Waals surface area contributed by atoms with Crippen molar-refractivity contribution < 1.29 is 14.3 Å². The molecule has 0 atom stereocenters. The van der Waals surface area contributed by atoms with E-state index in [1.54, 1.807) is 12.1 Å². The van der Waals surface area contributed by atoms with Crippen molar-refractivity contribution in [3.63, 3.8) is 0 Å². The zero-order valence-corrected chi connectivity index (χ0v) is 16.6. The molecule has 0 unspecified atom stereocenters. The first kappa shape index (κ1) is 19.9. The fourth-order valence-corrected chi connectivity index (χ4v) is 3.50. The normalized spacial score (nSPS) is 14.4. The topological polar surface area (TPSA) is 67.4 Å². The number of carbonyl (C=O) groups excluding carboxylic acids is 2. The van der Waals surface area contributed by atoms with Gasteiger partial charge in [-0.2, -0.15) is 0 Å². The summed E-state index contributed by atoms with van der Waals surface area (Å²) in [5.74, 6) is 0.639. The van der Waals surface area contributed by atoms with E-state index in [9.17, 15) is 9.59 Å². The number of rotatable bonds is 6. The smallest absolute Gasteiger partial charge is 0.262 e. The highest BCUT2D eigenvalue weighted by Crippen LogP contribution is 2.25. The highest BCUT2D eigenvalue weighted by molar-refractivity contribution is 5.95. The number of aryl methyl sites for hydroxylation is 1. The molecule has 0 bridgehead atoms. The van der Waals surface area contributed by atoms with E-state index in [4.69, 9.17) is 4.74 Å². The van der Waals surface area contributed by atoms with E-state index >= 15 is 0 Å². The molecule has 2 N–H and O–H groups in total. The molecular formula is C23H28N2O3. The molecule has 1 saturated carbocycles. The van der Waals surface area contributed by atoms with Crippen LogP contribution in [0.5, 0.6) is 5.75 Å². The maximum atomic E-state index is 12.4. The van der Waals surface area contributed by atoms with Gasteiger partial charge >= 0.3 is 0 Å². The van der Waals surface area contributed by atoms with E-state index in [-0.39, 0.29) is 24.3 Å². The summed E-state index contributed by atoms with van der Waals surface area (Å²) < 4.78 is 5.64. The molecule has 3 rings (SSSR count). The van der Waals surface area contributed by atoms with Crippen molar-refractivity contribution in [2.24, 2.45) is 5.92 Å². The predicted molar refractivity (Wildman–Crippen MR) is 112 cm³/mol. The van der Waals surface area contributed by atoms with E-state index < -0.39 is 0 Å². The van der Waals surface area contributed by atoms with Crippen molar-refractivity contribution in [2.45, 2.75) is 46.0 Å². The highest BCUT2D eigenvalue weighted by Gasteiger charge is 2.21. The van der Waals surface area contributed by atoms with E-state index in [2.05, 4.69) is 10.6 Å². The second-order valence-corrected chi connectivity index (χ2v) is 7.44. The van der Waals surface area contributed by atoms with Gasteiger partial charge < -0.3 is 15.4 Å². The van der Waals surface area contributed by atoms with Crippen LogP contribution in [0.15, 0.2) is 42.5 Å². The van der Waals surface area contributed by atoms with Gasteiger partial charge in [0.15, 0.2) is 6.61 Å². The van der Waals surface area contributed by atoms with Gasteiger partial charge in [0.05, 0.1) is 0 Å². The molecule has 0 radical (unpaired) electrons. The number of nitrogens with one attached hydrogen (secondary N) is 2. The average Bonchev–Trinajstić information content (AvgIpc) is 2.70. The molecule has 28 heavy (non-hydrogen) atoms. The van der Waals surface area contributed by atoms with Gasteiger partial charge in [-0.05, 0) is 62.1 Å². The quantitative estimate of drug-likeness (QED) is 0.753. The van der Waals surface area contributed by atoms with Gasteiger partial charge in [0.25, 0.3) is 5.91 Å². The van der Waals surface area contributed by atoms with E-state index in [0.717, 1.165) is 36.8 Å². The Labute approximate surface area is 166 Å². The minimum Gasteiger partial charge on any atom is -0.483 e. The van der Waals surface area contributed by atoms with E-state index in [1.165, 1.54) is 6.42 Å². The van der Waals surface area contributed by atoms with Crippen LogP contribution in [0.3, 0.4) is 0 Å². The maximum Gasteiger partial charge on any atom is 0.262 e. The third kappa shape index (κ3) is 5.35. The summed E-state index contributed by atoms with van der Waals surface area (Å²) in [5.41, 5.74) is 3.49. The Morgan fingerprint density at radius 3 is 2.39 bits per heavy atom. The molecule has 2 amide bonds. The first-order chi connectivity index (χ1) is 13.5. The van der Waals surface area contributed by atoms with Gasteiger partial charge in [-0.1, -0.05) is 37.5 Å². The standard InChI is InChI=1S/C23H28N2O3/c1-16-8-6-13-21(17(16)2)28-15-22(26)24-19-11-7-12-20(14-19)25-23(27)18-9-4-3-5-10-18/h6-8,11-14,18H,3-5,9-10,15H2,1-2H3,(H,24,26)(H,25,27). The first-order valence-corrected chi connectivity index (χ1v) is 9.93. The van der Waals surface area contributed by atoms with Gasteiger partial charge in [-0.15, -0.1) is 0 Å². The van der Waals surface area contributed by atoms with Crippen LogP contribution in [0.2, 0.25) is 0 Å². The van der Waals surface area contributed by atoms with E-state index in [1.807, 2.05) is 44.2 Å². The molecule has 2 aromatic rings. The Hall–Kier alpha value is -2.82. The van der Waals surface area contributed by atoms with Gasteiger partial charge in [-0.3, -0.25) is 9.59 Å². The van der Waals surface area contributed by atoms with E-state index in [0.29, 0.717) is 17.1 Å². The molecule has 1 aliphatic carbocycles. The Kier molecular flexibility index (Phi) is 6.69. The van der Waals surface area contributed by atoms with Crippen LogP contribution < -0.4 is 15.4 Å². The van der Waals surface area contributed by atoms with Gasteiger partial charge in [0.1, 0.15) is 5.75 Å². The van der Waals surface area contributed by atoms with Gasteiger partial charge in [0, 0.05) is 17.3 Å². The van der Waals surface area contributed by atoms with Crippen LogP contribution >= 0.6 is 0 Å². The molecule has 0 heterocycles. The fourth-order valence-electron chi connectivity index (χ4n) is 3.50. The Morgan fingerprint density at radius 1 is 0.964 bits per heavy atom. The Bertz CT molecular complexity index is 841. The lowest BCUT2D eigenvalue weighted by Gasteiger charge is -2.20. The molecule has 1 fully saturated rings. The molecule has 0 saturated heterocycles. The molecule has 0 aromatic heterocycles. The SMILES string of the molecule is Cc1cccc(OCC(=O)Nc2cccc(NC(=O)C3CCCCC3)c2)c1C. The Morgan fingerprint density at radius 2 is 1.64 bits per heavy atom. The molecule has 148 valence electrons. The second kappa shape index (κ2) is 9.40. The third-order valence-corrected chi connectivity index (χ3v) is 5.30. The Balaban J connectivity index is 1.54. The van der Waals surface area contributed by atoms with Gasteiger partial charge in [0.2, 0.25) is 5.91 Å². The number of carbonyl (C=O) groups is 2. The van der Waals surface area contributed by atoms with Crippen LogP contribution in [-0.2, 0) is 9.59 Å². The van der Waals surface area contributed by atoms with Crippen molar-refractivity contribution in [3.8, 4) is 5.75 Å². The number of anilines is 2. The third-order valence-electron chi connectivity index (χ3n) is 5.30. The monoisotopic (exact) mass is 380 g/mol. The lowest BCUT2D eigenvalue weighted by atomic mass is 9.88. The number of hydrogen-bond donors (Lipinski definition) is 2. The summed E-state index contributed by atoms with van der Waals surface area (Å²) in [4.78, 5) is 24.6. The molecule has 0 aliphatic heterocycles. The summed E-state index contributed by atoms with van der Waals surface area (Å²) in [5, 5.41) is 5.80. The van der Waals surface area contributed by atoms with Crippen LogP contribution in [0.1, 0.15) is 43.2 Å². The van der Waals surface area contributed by atoms with Crippen LogP contribution in [0.25, 0.3) is 0 Å². The summed E-state index contributed by atoms with van der Waals surface area (Å²) in [6.07, 6.45) is 5.37. The fraction of sp³-hybridized carbons (Fsp3) is 0.391. The van der Waals surface area contributed by atoms with Crippen LogP contribution in [0.4, 0.5) is 11.4 Å².